The van der Waals surface area contributed by atoms with E-state index in [0.29, 0.717) is 29.5 Å². The highest BCUT2D eigenvalue weighted by Crippen LogP contribution is 2.29. The second-order valence-electron chi connectivity index (χ2n) is 5.32. The fourth-order valence-electron chi connectivity index (χ4n) is 1.92. The maximum atomic E-state index is 13.5. The SMILES string of the molecule is CC(C)COc1ccc(F)cc1-c1ccc(C(N)=O)c(=O)[nH]1. The number of primary amides is 1. The number of ether oxygens (including phenoxy) is 1. The molecule has 0 spiro atoms. The van der Waals surface area contributed by atoms with Crippen LogP contribution in [0.5, 0.6) is 5.75 Å². The fraction of sp³-hybridized carbons (Fsp3) is 0.250. The number of benzene rings is 1. The Morgan fingerprint density at radius 1 is 1.32 bits per heavy atom. The van der Waals surface area contributed by atoms with E-state index in [9.17, 15) is 14.0 Å². The molecule has 0 saturated carbocycles. The smallest absolute Gasteiger partial charge is 0.261 e. The van der Waals surface area contributed by atoms with Crippen molar-refractivity contribution in [2.45, 2.75) is 13.8 Å². The lowest BCUT2D eigenvalue weighted by Crippen LogP contribution is -2.23. The molecule has 2 rings (SSSR count). The zero-order chi connectivity index (χ0) is 16.3. The summed E-state index contributed by atoms with van der Waals surface area (Å²) in [5.41, 5.74) is 5.09. The van der Waals surface area contributed by atoms with E-state index in [-0.39, 0.29) is 5.56 Å². The Labute approximate surface area is 126 Å². The predicted molar refractivity (Wildman–Crippen MR) is 81.3 cm³/mol. The van der Waals surface area contributed by atoms with Gasteiger partial charge in [-0.2, -0.15) is 0 Å². The summed E-state index contributed by atoms with van der Waals surface area (Å²) in [6.45, 7) is 4.45. The van der Waals surface area contributed by atoms with Crippen LogP contribution in [0.4, 0.5) is 4.39 Å². The van der Waals surface area contributed by atoms with Gasteiger partial charge in [0.15, 0.2) is 0 Å². The number of rotatable bonds is 5. The largest absolute Gasteiger partial charge is 0.493 e. The van der Waals surface area contributed by atoms with Gasteiger partial charge in [0.25, 0.3) is 11.5 Å². The quantitative estimate of drug-likeness (QED) is 0.889. The summed E-state index contributed by atoms with van der Waals surface area (Å²) in [6.07, 6.45) is 0. The number of H-pyrrole nitrogens is 1. The standard InChI is InChI=1S/C16H17FN2O3/c1-9(2)8-22-14-6-3-10(17)7-12(14)13-5-4-11(15(18)20)16(21)19-13/h3-7,9H,8H2,1-2H3,(H2,18,20)(H,19,21). The van der Waals surface area contributed by atoms with Gasteiger partial charge in [0.1, 0.15) is 17.1 Å². The monoisotopic (exact) mass is 304 g/mol. The summed E-state index contributed by atoms with van der Waals surface area (Å²) in [7, 11) is 0. The normalized spacial score (nSPS) is 10.7. The molecule has 22 heavy (non-hydrogen) atoms. The summed E-state index contributed by atoms with van der Waals surface area (Å²) < 4.78 is 19.2. The first-order valence-corrected chi connectivity index (χ1v) is 6.84. The van der Waals surface area contributed by atoms with Gasteiger partial charge in [-0.05, 0) is 36.2 Å². The molecule has 0 saturated heterocycles. The molecule has 116 valence electrons. The zero-order valence-corrected chi connectivity index (χ0v) is 12.4. The van der Waals surface area contributed by atoms with Crippen LogP contribution in [0.15, 0.2) is 35.1 Å². The number of aromatic nitrogens is 1. The first-order chi connectivity index (χ1) is 10.4. The number of hydrogen-bond donors (Lipinski definition) is 2. The van der Waals surface area contributed by atoms with Gasteiger partial charge in [0.2, 0.25) is 0 Å². The Kier molecular flexibility index (Phi) is 4.60. The van der Waals surface area contributed by atoms with Crippen LogP contribution < -0.4 is 16.0 Å². The minimum absolute atomic E-state index is 0.148. The first-order valence-electron chi connectivity index (χ1n) is 6.84. The van der Waals surface area contributed by atoms with E-state index in [4.69, 9.17) is 10.5 Å². The Morgan fingerprint density at radius 2 is 2.05 bits per heavy atom. The van der Waals surface area contributed by atoms with E-state index < -0.39 is 17.3 Å². The van der Waals surface area contributed by atoms with Gasteiger partial charge < -0.3 is 15.5 Å². The average molecular weight is 304 g/mol. The molecule has 5 nitrogen and oxygen atoms in total. The molecule has 0 atom stereocenters. The first kappa shape index (κ1) is 15.8. The Morgan fingerprint density at radius 3 is 2.64 bits per heavy atom. The molecule has 1 amide bonds. The minimum Gasteiger partial charge on any atom is -0.493 e. The Hall–Kier alpha value is -2.63. The number of halogens is 1. The maximum absolute atomic E-state index is 13.5. The predicted octanol–water partition coefficient (Wildman–Crippen LogP) is 2.31. The van der Waals surface area contributed by atoms with Crippen LogP contribution in [0.2, 0.25) is 0 Å². The number of nitrogens with two attached hydrogens (primary N) is 1. The number of aromatic amines is 1. The summed E-state index contributed by atoms with van der Waals surface area (Å²) in [4.78, 5) is 25.4. The number of carbonyl (C=O) groups is 1. The highest BCUT2D eigenvalue weighted by molar-refractivity contribution is 5.92. The van der Waals surface area contributed by atoms with E-state index in [1.165, 1.54) is 30.3 Å². The van der Waals surface area contributed by atoms with Crippen molar-refractivity contribution in [1.82, 2.24) is 4.98 Å². The van der Waals surface area contributed by atoms with Crippen molar-refractivity contribution in [3.8, 4) is 17.0 Å². The molecular formula is C16H17FN2O3. The third kappa shape index (κ3) is 3.52. The van der Waals surface area contributed by atoms with E-state index in [1.807, 2.05) is 13.8 Å². The maximum Gasteiger partial charge on any atom is 0.261 e. The molecule has 0 aliphatic carbocycles. The molecule has 0 unspecified atom stereocenters. The van der Waals surface area contributed by atoms with Gasteiger partial charge in [0, 0.05) is 5.56 Å². The van der Waals surface area contributed by atoms with E-state index >= 15 is 0 Å². The van der Waals surface area contributed by atoms with Crippen LogP contribution in [0.25, 0.3) is 11.3 Å². The molecule has 1 aromatic carbocycles. The molecule has 6 heteroatoms. The summed E-state index contributed by atoms with van der Waals surface area (Å²) in [5, 5.41) is 0. The van der Waals surface area contributed by atoms with Crippen molar-refractivity contribution in [2.24, 2.45) is 11.7 Å². The summed E-state index contributed by atoms with van der Waals surface area (Å²) >= 11 is 0. The van der Waals surface area contributed by atoms with Crippen LogP contribution in [0, 0.1) is 11.7 Å². The fourth-order valence-corrected chi connectivity index (χ4v) is 1.92. The second-order valence-corrected chi connectivity index (χ2v) is 5.32. The second kappa shape index (κ2) is 6.43. The van der Waals surface area contributed by atoms with Crippen LogP contribution in [-0.4, -0.2) is 17.5 Å². The molecule has 0 aliphatic heterocycles. The third-order valence-electron chi connectivity index (χ3n) is 2.98. The van der Waals surface area contributed by atoms with Crippen LogP contribution in [-0.2, 0) is 0 Å². The van der Waals surface area contributed by atoms with Crippen molar-refractivity contribution in [1.29, 1.82) is 0 Å². The molecule has 3 N–H and O–H groups in total. The van der Waals surface area contributed by atoms with E-state index in [2.05, 4.69) is 4.98 Å². The minimum atomic E-state index is -0.816. The number of hydrogen-bond acceptors (Lipinski definition) is 3. The third-order valence-corrected chi connectivity index (χ3v) is 2.98. The summed E-state index contributed by atoms with van der Waals surface area (Å²) in [5.74, 6) is -0.512. The van der Waals surface area contributed by atoms with E-state index in [0.717, 1.165) is 0 Å². The molecular weight excluding hydrogens is 287 g/mol. The van der Waals surface area contributed by atoms with E-state index in [1.54, 1.807) is 0 Å². The highest BCUT2D eigenvalue weighted by atomic mass is 19.1. The van der Waals surface area contributed by atoms with Crippen molar-refractivity contribution in [3.63, 3.8) is 0 Å². The Bertz CT molecular complexity index is 753. The molecule has 1 aromatic heterocycles. The highest BCUT2D eigenvalue weighted by Gasteiger charge is 2.12. The van der Waals surface area contributed by atoms with Gasteiger partial charge in [-0.1, -0.05) is 13.8 Å². The number of amides is 1. The Balaban J connectivity index is 2.47. The zero-order valence-electron chi connectivity index (χ0n) is 12.4. The van der Waals surface area contributed by atoms with Crippen molar-refractivity contribution in [2.75, 3.05) is 6.61 Å². The van der Waals surface area contributed by atoms with Crippen molar-refractivity contribution >= 4 is 5.91 Å². The molecule has 0 radical (unpaired) electrons. The average Bonchev–Trinajstić information content (AvgIpc) is 2.45. The van der Waals surface area contributed by atoms with Crippen molar-refractivity contribution in [3.05, 3.63) is 52.1 Å². The van der Waals surface area contributed by atoms with Gasteiger partial charge >= 0.3 is 0 Å². The molecule has 2 aromatic rings. The topological polar surface area (TPSA) is 85.2 Å². The summed E-state index contributed by atoms with van der Waals surface area (Å²) in [6, 6.07) is 6.87. The lowest BCUT2D eigenvalue weighted by atomic mass is 10.1. The van der Waals surface area contributed by atoms with Gasteiger partial charge in [-0.3, -0.25) is 9.59 Å². The molecule has 1 heterocycles. The van der Waals surface area contributed by atoms with Crippen LogP contribution in [0.1, 0.15) is 24.2 Å². The van der Waals surface area contributed by atoms with Crippen LogP contribution in [0.3, 0.4) is 0 Å². The molecule has 0 bridgehead atoms. The molecule has 0 aliphatic rings. The lowest BCUT2D eigenvalue weighted by molar-refractivity contribution is 0.0999. The lowest BCUT2D eigenvalue weighted by Gasteiger charge is -2.13. The number of carbonyl (C=O) groups excluding carboxylic acids is 1. The number of nitrogens with one attached hydrogen (secondary N) is 1. The van der Waals surface area contributed by atoms with Crippen molar-refractivity contribution < 1.29 is 13.9 Å². The van der Waals surface area contributed by atoms with Gasteiger partial charge in [0.05, 0.1) is 12.3 Å². The molecule has 0 fully saturated rings. The van der Waals surface area contributed by atoms with Crippen LogP contribution >= 0.6 is 0 Å². The van der Waals surface area contributed by atoms with Gasteiger partial charge in [-0.15, -0.1) is 0 Å². The number of pyridine rings is 1. The van der Waals surface area contributed by atoms with Gasteiger partial charge in [-0.25, -0.2) is 4.39 Å².